The lowest BCUT2D eigenvalue weighted by molar-refractivity contribution is -0.0459. The summed E-state index contributed by atoms with van der Waals surface area (Å²) in [6.07, 6.45) is 0.117. The normalized spacial score (nSPS) is 21.0. The molecule has 3 aromatic rings. The number of hydrogen-bond acceptors (Lipinski definition) is 9. The average Bonchev–Trinajstić information content (AvgIpc) is 3.27. The fraction of sp³-hybridized carbons (Fsp3) is 0.389. The van der Waals surface area contributed by atoms with Crippen LogP contribution in [0.2, 0.25) is 0 Å². The predicted octanol–water partition coefficient (Wildman–Crippen LogP) is -1.68. The highest BCUT2D eigenvalue weighted by atomic mass is 16.5. The van der Waals surface area contributed by atoms with E-state index >= 15 is 0 Å². The summed E-state index contributed by atoms with van der Waals surface area (Å²) in [6.45, 7) is 2.02. The molecule has 30 heavy (non-hydrogen) atoms. The van der Waals surface area contributed by atoms with E-state index in [0.717, 1.165) is 4.57 Å². The molecule has 3 aromatic heterocycles. The van der Waals surface area contributed by atoms with Gasteiger partial charge in [0, 0.05) is 19.2 Å². The monoisotopic (exact) mass is 413 g/mol. The number of aromatic amines is 1. The van der Waals surface area contributed by atoms with Gasteiger partial charge >= 0.3 is 5.69 Å². The van der Waals surface area contributed by atoms with Crippen molar-refractivity contribution in [2.45, 2.75) is 38.3 Å². The van der Waals surface area contributed by atoms with Gasteiger partial charge in [-0.05, 0) is 12.8 Å². The van der Waals surface area contributed by atoms with Gasteiger partial charge in [-0.15, -0.1) is 0 Å². The van der Waals surface area contributed by atoms with Crippen LogP contribution in [-0.2, 0) is 11.3 Å². The van der Waals surface area contributed by atoms with E-state index in [2.05, 4.69) is 31.8 Å². The Morgan fingerprint density at radius 2 is 2.17 bits per heavy atom. The van der Waals surface area contributed by atoms with Crippen LogP contribution < -0.4 is 17.0 Å². The van der Waals surface area contributed by atoms with Crippen LogP contribution >= 0.6 is 0 Å². The molecule has 0 spiro atoms. The fourth-order valence-electron chi connectivity index (χ4n) is 3.31. The number of aliphatic hydroxyl groups excluding tert-OH is 2. The lowest BCUT2D eigenvalue weighted by Gasteiger charge is -2.14. The third-order valence-electron chi connectivity index (χ3n) is 4.85. The van der Waals surface area contributed by atoms with Crippen molar-refractivity contribution < 1.29 is 14.9 Å². The van der Waals surface area contributed by atoms with Crippen LogP contribution in [0.15, 0.2) is 22.1 Å². The van der Waals surface area contributed by atoms with Crippen LogP contribution in [0.3, 0.4) is 0 Å². The van der Waals surface area contributed by atoms with Crippen LogP contribution in [0.5, 0.6) is 0 Å². The van der Waals surface area contributed by atoms with Gasteiger partial charge in [0.05, 0.1) is 12.7 Å². The molecule has 0 saturated carbocycles. The molecule has 5 N–H and O–H groups in total. The van der Waals surface area contributed by atoms with E-state index in [9.17, 15) is 19.8 Å². The van der Waals surface area contributed by atoms with Crippen LogP contribution in [-0.4, -0.2) is 58.1 Å². The van der Waals surface area contributed by atoms with Gasteiger partial charge in [-0.1, -0.05) is 5.92 Å². The number of H-pyrrole nitrogens is 1. The highest BCUT2D eigenvalue weighted by molar-refractivity contribution is 5.82. The van der Waals surface area contributed by atoms with Crippen molar-refractivity contribution in [1.82, 2.24) is 29.1 Å². The van der Waals surface area contributed by atoms with E-state index < -0.39 is 29.7 Å². The number of hydrogen-bond donors (Lipinski definition) is 4. The number of anilines is 1. The first-order valence-corrected chi connectivity index (χ1v) is 9.21. The number of aromatic nitrogens is 6. The van der Waals surface area contributed by atoms with Crippen LogP contribution in [0.1, 0.15) is 31.0 Å². The van der Waals surface area contributed by atoms with Crippen molar-refractivity contribution in [3.8, 4) is 11.8 Å². The predicted molar refractivity (Wildman–Crippen MR) is 104 cm³/mol. The number of fused-ring (bicyclic) bond motifs is 1. The molecule has 12 nitrogen and oxygen atoms in total. The van der Waals surface area contributed by atoms with Gasteiger partial charge in [0.1, 0.15) is 24.2 Å². The van der Waals surface area contributed by atoms with E-state index in [0.29, 0.717) is 23.5 Å². The molecule has 1 aliphatic heterocycles. The third kappa shape index (κ3) is 3.35. The van der Waals surface area contributed by atoms with Crippen molar-refractivity contribution >= 4 is 17.0 Å². The molecular weight excluding hydrogens is 394 g/mol. The summed E-state index contributed by atoms with van der Waals surface area (Å²) in [5.41, 5.74) is 5.41. The highest BCUT2D eigenvalue weighted by Crippen LogP contribution is 2.27. The average molecular weight is 413 g/mol. The molecule has 0 unspecified atom stereocenters. The first kappa shape index (κ1) is 19.8. The van der Waals surface area contributed by atoms with Crippen molar-refractivity contribution in [2.75, 3.05) is 12.3 Å². The van der Waals surface area contributed by atoms with Gasteiger partial charge in [-0.25, -0.2) is 19.7 Å². The molecule has 1 aliphatic rings. The Morgan fingerprint density at radius 3 is 2.87 bits per heavy atom. The maximum atomic E-state index is 12.2. The lowest BCUT2D eigenvalue weighted by atomic mass is 10.2. The molecule has 4 rings (SSSR count). The Kier molecular flexibility index (Phi) is 5.08. The standard InChI is InChI=1S/C18H19N7O5/c1-2-24-12(22-14-15(19)20-8-21-16(14)24)4-3-9-6-25(18(29)23-17(9)28)13-5-10(27)11(7-26)30-13/h6,8,10-11,13,26-27H,2,5,7H2,1H3,(H2,19,20,21)(H,23,28,29)/t10-,11+,13+/m0/s1. The smallest absolute Gasteiger partial charge is 0.330 e. The van der Waals surface area contributed by atoms with Gasteiger partial charge in [0.25, 0.3) is 5.56 Å². The molecule has 156 valence electrons. The number of imidazole rings is 1. The minimum absolute atomic E-state index is 0.00824. The van der Waals surface area contributed by atoms with Gasteiger partial charge in [-0.2, -0.15) is 0 Å². The topological polar surface area (TPSA) is 174 Å². The van der Waals surface area contributed by atoms with E-state index in [1.807, 2.05) is 6.92 Å². The van der Waals surface area contributed by atoms with Crippen LogP contribution in [0, 0.1) is 11.8 Å². The van der Waals surface area contributed by atoms with Gasteiger partial charge < -0.3 is 25.3 Å². The Balaban J connectivity index is 1.75. The van der Waals surface area contributed by atoms with Crippen LogP contribution in [0.4, 0.5) is 5.82 Å². The zero-order chi connectivity index (χ0) is 21.4. The second-order valence-corrected chi connectivity index (χ2v) is 6.68. The summed E-state index contributed by atoms with van der Waals surface area (Å²) in [4.78, 5) is 39.0. The van der Waals surface area contributed by atoms with E-state index in [1.54, 1.807) is 4.57 Å². The Bertz CT molecular complexity index is 1280. The summed E-state index contributed by atoms with van der Waals surface area (Å²) in [5.74, 6) is 6.09. The minimum Gasteiger partial charge on any atom is -0.394 e. The summed E-state index contributed by atoms with van der Waals surface area (Å²) in [6, 6.07) is 0. The summed E-state index contributed by atoms with van der Waals surface area (Å²) in [7, 11) is 0. The molecular formula is C18H19N7O5. The zero-order valence-corrected chi connectivity index (χ0v) is 15.9. The number of nitrogens with two attached hydrogens (primary N) is 1. The van der Waals surface area contributed by atoms with Gasteiger partial charge in [-0.3, -0.25) is 14.3 Å². The quantitative estimate of drug-likeness (QED) is 0.366. The summed E-state index contributed by atoms with van der Waals surface area (Å²) in [5, 5.41) is 19.1. The van der Waals surface area contributed by atoms with Crippen molar-refractivity contribution in [1.29, 1.82) is 0 Å². The van der Waals surface area contributed by atoms with Crippen LogP contribution in [0.25, 0.3) is 11.2 Å². The van der Waals surface area contributed by atoms with E-state index in [-0.39, 0.29) is 24.4 Å². The number of nitrogen functional groups attached to an aromatic ring is 1. The lowest BCUT2D eigenvalue weighted by Crippen LogP contribution is -2.33. The number of aliphatic hydroxyl groups is 2. The molecule has 3 atom stereocenters. The van der Waals surface area contributed by atoms with Gasteiger partial charge in [0.2, 0.25) is 0 Å². The SMILES string of the molecule is CCn1c(C#Cc2cn([C@H]3C[C@H](O)[C@@H](CO)O3)c(=O)[nH]c2=O)nc2c(N)ncnc21. The Morgan fingerprint density at radius 1 is 1.37 bits per heavy atom. The first-order valence-electron chi connectivity index (χ1n) is 9.21. The molecule has 0 radical (unpaired) electrons. The summed E-state index contributed by atoms with van der Waals surface area (Å²) < 4.78 is 8.35. The molecule has 1 fully saturated rings. The zero-order valence-electron chi connectivity index (χ0n) is 15.9. The molecule has 1 saturated heterocycles. The molecule has 12 heteroatoms. The molecule has 0 amide bonds. The molecule has 0 aliphatic carbocycles. The summed E-state index contributed by atoms with van der Waals surface area (Å²) >= 11 is 0. The first-order chi connectivity index (χ1) is 14.4. The van der Waals surface area contributed by atoms with E-state index in [4.69, 9.17) is 10.5 Å². The number of aryl methyl sites for hydroxylation is 1. The van der Waals surface area contributed by atoms with Gasteiger partial charge in [0.15, 0.2) is 22.8 Å². The number of ether oxygens (including phenoxy) is 1. The number of rotatable bonds is 3. The Hall–Kier alpha value is -3.53. The highest BCUT2D eigenvalue weighted by Gasteiger charge is 2.35. The molecule has 4 heterocycles. The second kappa shape index (κ2) is 7.71. The Labute approximate surface area is 169 Å². The number of nitrogens with one attached hydrogen (secondary N) is 1. The van der Waals surface area contributed by atoms with Crippen molar-refractivity contribution in [2.24, 2.45) is 0 Å². The maximum Gasteiger partial charge on any atom is 0.330 e. The fourth-order valence-corrected chi connectivity index (χ4v) is 3.31. The van der Waals surface area contributed by atoms with Crippen molar-refractivity contribution in [3.05, 3.63) is 44.8 Å². The largest absolute Gasteiger partial charge is 0.394 e. The number of nitrogens with zero attached hydrogens (tertiary/aromatic N) is 5. The van der Waals surface area contributed by atoms with Crippen molar-refractivity contribution in [3.63, 3.8) is 0 Å². The van der Waals surface area contributed by atoms with E-state index in [1.165, 1.54) is 12.5 Å². The minimum atomic E-state index is -0.926. The molecule has 0 bridgehead atoms. The maximum absolute atomic E-state index is 12.2. The third-order valence-corrected chi connectivity index (χ3v) is 4.85. The molecule has 0 aromatic carbocycles. The second-order valence-electron chi connectivity index (χ2n) is 6.68.